The van der Waals surface area contributed by atoms with E-state index in [-0.39, 0.29) is 35.1 Å². The first kappa shape index (κ1) is 33.5. The number of thiophene rings is 1. The maximum absolute atomic E-state index is 15.9. The number of fused-ring (bicyclic) bond motifs is 3. The van der Waals surface area contributed by atoms with Gasteiger partial charge < -0.3 is 30.9 Å². The Morgan fingerprint density at radius 2 is 1.73 bits per heavy atom. The first-order chi connectivity index (χ1) is 25.2. The van der Waals surface area contributed by atoms with Crippen LogP contribution in [0.2, 0.25) is 0 Å². The van der Waals surface area contributed by atoms with Crippen LogP contribution in [0.25, 0.3) is 10.6 Å². The molecule has 6 heterocycles. The predicted octanol–water partition coefficient (Wildman–Crippen LogP) is 6.56. The highest BCUT2D eigenvalue weighted by Gasteiger charge is 2.45. The van der Waals surface area contributed by atoms with Crippen LogP contribution >= 0.6 is 11.3 Å². The molecule has 2 saturated heterocycles. The van der Waals surface area contributed by atoms with Crippen molar-refractivity contribution in [3.8, 4) is 10.6 Å². The molecule has 0 bridgehead atoms. The second-order valence-electron chi connectivity index (χ2n) is 13.6. The Morgan fingerprint density at radius 3 is 2.50 bits per heavy atom. The number of nitrogen functional groups attached to an aromatic ring is 1. The Bertz CT molecular complexity index is 2210. The predicted molar refractivity (Wildman–Crippen MR) is 200 cm³/mol. The molecule has 8 rings (SSSR count). The smallest absolute Gasteiger partial charge is 0.268 e. The van der Waals surface area contributed by atoms with Gasteiger partial charge in [-0.05, 0) is 86.3 Å². The van der Waals surface area contributed by atoms with Gasteiger partial charge in [0.05, 0.1) is 27.5 Å². The van der Waals surface area contributed by atoms with E-state index >= 15 is 4.39 Å². The molecule has 0 unspecified atom stereocenters. The van der Waals surface area contributed by atoms with E-state index in [4.69, 9.17) is 10.5 Å². The lowest BCUT2D eigenvalue weighted by Crippen LogP contribution is -2.59. The number of pyridine rings is 2. The fraction of sp³-hybridized carbons (Fsp3) is 0.256. The van der Waals surface area contributed by atoms with Gasteiger partial charge in [-0.2, -0.15) is 0 Å². The first-order valence-corrected chi connectivity index (χ1v) is 18.0. The number of ether oxygens (including phenoxy) is 1. The molecule has 3 aliphatic rings. The number of carbonyl (C=O) groups is 3. The number of amides is 3. The van der Waals surface area contributed by atoms with Crippen LogP contribution in [0.15, 0.2) is 79.1 Å². The maximum Gasteiger partial charge on any atom is 0.268 e. The third kappa shape index (κ3) is 6.15. The third-order valence-corrected chi connectivity index (χ3v) is 11.2. The SMILES string of the molecule is Cc1cnc(N2CC3(CCOCC3)C2)c(C(=O)Nc2ccc(C(=O)N3CCc4c(sc(C(=O)Nc5ccccc5N)c4F)-c4ncccc43)cc2)c1. The third-order valence-electron chi connectivity index (χ3n) is 10.0. The number of aromatic nitrogens is 2. The van der Waals surface area contributed by atoms with Gasteiger partial charge >= 0.3 is 0 Å². The summed E-state index contributed by atoms with van der Waals surface area (Å²) in [5.41, 5.74) is 10.5. The Hall–Kier alpha value is -5.66. The summed E-state index contributed by atoms with van der Waals surface area (Å²) in [4.78, 5) is 54.1. The van der Waals surface area contributed by atoms with Crippen LogP contribution in [0.3, 0.4) is 0 Å². The lowest BCUT2D eigenvalue weighted by atomic mass is 9.73. The molecule has 3 aromatic heterocycles. The number of aryl methyl sites for hydroxylation is 1. The lowest BCUT2D eigenvalue weighted by Gasteiger charge is -2.53. The van der Waals surface area contributed by atoms with Crippen LogP contribution in [-0.4, -0.2) is 60.5 Å². The molecule has 0 atom stereocenters. The van der Waals surface area contributed by atoms with Crippen LogP contribution in [0.1, 0.15) is 54.4 Å². The van der Waals surface area contributed by atoms with Gasteiger partial charge in [0.25, 0.3) is 17.7 Å². The van der Waals surface area contributed by atoms with E-state index in [2.05, 4.69) is 25.5 Å². The molecule has 11 nitrogen and oxygen atoms in total. The average Bonchev–Trinajstić information content (AvgIpc) is 3.38. The van der Waals surface area contributed by atoms with Gasteiger partial charge in [0, 0.05) is 67.5 Å². The lowest BCUT2D eigenvalue weighted by molar-refractivity contribution is -0.000511. The van der Waals surface area contributed by atoms with Crippen molar-refractivity contribution in [1.29, 1.82) is 0 Å². The zero-order valence-corrected chi connectivity index (χ0v) is 29.3. The van der Waals surface area contributed by atoms with Crippen LogP contribution in [0.4, 0.5) is 33.0 Å². The number of nitrogens with one attached hydrogen (secondary N) is 2. The van der Waals surface area contributed by atoms with Crippen LogP contribution < -0.4 is 26.2 Å². The summed E-state index contributed by atoms with van der Waals surface area (Å²) in [6, 6.07) is 18.8. The van der Waals surface area contributed by atoms with E-state index < -0.39 is 11.7 Å². The highest BCUT2D eigenvalue weighted by Crippen LogP contribution is 2.44. The molecule has 3 aliphatic heterocycles. The number of rotatable bonds is 6. The molecule has 13 heteroatoms. The molecule has 52 heavy (non-hydrogen) atoms. The Labute approximate surface area is 303 Å². The molecule has 2 aromatic carbocycles. The van der Waals surface area contributed by atoms with Gasteiger partial charge in [0.1, 0.15) is 16.4 Å². The molecule has 0 radical (unpaired) electrons. The largest absolute Gasteiger partial charge is 0.397 e. The summed E-state index contributed by atoms with van der Waals surface area (Å²) in [7, 11) is 0. The zero-order chi connectivity index (χ0) is 36.0. The second-order valence-corrected chi connectivity index (χ2v) is 14.6. The normalized spacial score (nSPS) is 16.0. The molecule has 2 fully saturated rings. The monoisotopic (exact) mass is 717 g/mol. The van der Waals surface area contributed by atoms with Gasteiger partial charge in [-0.15, -0.1) is 11.3 Å². The first-order valence-electron chi connectivity index (χ1n) is 17.1. The summed E-state index contributed by atoms with van der Waals surface area (Å²) >= 11 is 1.000. The minimum atomic E-state index is -0.637. The number of carbonyl (C=O) groups excluding carboxylic acids is 3. The van der Waals surface area contributed by atoms with Gasteiger partial charge in [-0.1, -0.05) is 12.1 Å². The number of hydrogen-bond acceptors (Lipinski definition) is 9. The number of benzene rings is 2. The van der Waals surface area contributed by atoms with Gasteiger partial charge in [0.15, 0.2) is 5.82 Å². The molecule has 0 aliphatic carbocycles. The van der Waals surface area contributed by atoms with E-state index in [1.165, 1.54) is 0 Å². The molecular formula is C39H36FN7O4S. The minimum Gasteiger partial charge on any atom is -0.397 e. The molecule has 5 aromatic rings. The number of halogens is 1. The minimum absolute atomic E-state index is 0.0797. The molecule has 264 valence electrons. The van der Waals surface area contributed by atoms with Crippen molar-refractivity contribution in [1.82, 2.24) is 9.97 Å². The topological polar surface area (TPSA) is 143 Å². The van der Waals surface area contributed by atoms with Gasteiger partial charge in [-0.25, -0.2) is 9.37 Å². The van der Waals surface area contributed by atoms with Crippen molar-refractivity contribution >= 4 is 57.6 Å². The number of para-hydroxylation sites is 2. The van der Waals surface area contributed by atoms with Crippen molar-refractivity contribution < 1.29 is 23.5 Å². The van der Waals surface area contributed by atoms with Crippen molar-refractivity contribution in [2.75, 3.05) is 59.0 Å². The van der Waals surface area contributed by atoms with E-state index in [0.717, 1.165) is 56.0 Å². The number of hydrogen-bond donors (Lipinski definition) is 3. The quantitative estimate of drug-likeness (QED) is 0.168. The summed E-state index contributed by atoms with van der Waals surface area (Å²) < 4.78 is 21.5. The number of nitrogens with two attached hydrogens (primary N) is 1. The molecule has 4 N–H and O–H groups in total. The van der Waals surface area contributed by atoms with Crippen LogP contribution in [0, 0.1) is 18.2 Å². The van der Waals surface area contributed by atoms with Crippen LogP contribution in [-0.2, 0) is 11.2 Å². The highest BCUT2D eigenvalue weighted by atomic mass is 32.1. The Morgan fingerprint density at radius 1 is 0.962 bits per heavy atom. The molecule has 3 amide bonds. The fourth-order valence-corrected chi connectivity index (χ4v) is 8.34. The fourth-order valence-electron chi connectivity index (χ4n) is 7.21. The Balaban J connectivity index is 0.989. The van der Waals surface area contributed by atoms with Gasteiger partial charge in [0.2, 0.25) is 0 Å². The average molecular weight is 718 g/mol. The van der Waals surface area contributed by atoms with Crippen molar-refractivity contribution in [3.63, 3.8) is 0 Å². The highest BCUT2D eigenvalue weighted by molar-refractivity contribution is 7.17. The molecular weight excluding hydrogens is 682 g/mol. The second kappa shape index (κ2) is 13.5. The van der Waals surface area contributed by atoms with E-state index in [1.54, 1.807) is 78.0 Å². The molecule has 0 saturated carbocycles. The number of anilines is 5. The summed E-state index contributed by atoms with van der Waals surface area (Å²) in [6.45, 7) is 5.30. The van der Waals surface area contributed by atoms with Gasteiger partial charge in [-0.3, -0.25) is 19.4 Å². The van der Waals surface area contributed by atoms with Crippen LogP contribution in [0.5, 0.6) is 0 Å². The summed E-state index contributed by atoms with van der Waals surface area (Å²) in [5, 5.41) is 5.68. The van der Waals surface area contributed by atoms with Crippen molar-refractivity contribution in [2.45, 2.75) is 26.2 Å². The van der Waals surface area contributed by atoms with E-state index in [0.29, 0.717) is 55.8 Å². The summed E-state index contributed by atoms with van der Waals surface area (Å²) in [6.07, 6.45) is 5.56. The maximum atomic E-state index is 15.9. The summed E-state index contributed by atoms with van der Waals surface area (Å²) in [5.74, 6) is -1.16. The molecule has 1 spiro atoms. The Kier molecular flexibility index (Phi) is 8.68. The van der Waals surface area contributed by atoms with Crippen molar-refractivity contribution in [3.05, 3.63) is 112 Å². The van der Waals surface area contributed by atoms with E-state index in [1.807, 2.05) is 13.0 Å². The zero-order valence-electron chi connectivity index (χ0n) is 28.4. The number of nitrogens with zero attached hydrogens (tertiary/aromatic N) is 4. The van der Waals surface area contributed by atoms with Crippen molar-refractivity contribution in [2.24, 2.45) is 5.41 Å². The standard InChI is InChI=1S/C39H36FN7O4S/c1-23-19-27(35(43-20-23)46-21-39(22-46)13-17-51-18-14-39)36(48)44-25-10-8-24(9-11-25)38(50)47-16-12-26-31(40)34(37(49)45-29-6-3-2-5-28(29)41)52-33(26)32-30(47)7-4-15-42-32/h2-11,15,19-20H,12-14,16-18,21-22,41H2,1H3,(H,44,48)(H,45,49). The van der Waals surface area contributed by atoms with E-state index in [9.17, 15) is 14.4 Å².